The molecule has 8 nitrogen and oxygen atoms in total. The molecule has 11 heteroatoms. The van der Waals surface area contributed by atoms with Gasteiger partial charge in [0.05, 0.1) is 19.2 Å². The maximum atomic E-state index is 13.4. The van der Waals surface area contributed by atoms with Crippen molar-refractivity contribution in [2.75, 3.05) is 12.4 Å². The third-order valence-electron chi connectivity index (χ3n) is 6.95. The summed E-state index contributed by atoms with van der Waals surface area (Å²) in [7, 11) is 1.41. The highest BCUT2D eigenvalue weighted by Gasteiger charge is 2.26. The number of hydrogen-bond acceptors (Lipinski definition) is 6. The van der Waals surface area contributed by atoms with Crippen LogP contribution < -0.4 is 10.6 Å². The third-order valence-corrected chi connectivity index (χ3v) is 8.11. The molecule has 1 aliphatic carbocycles. The highest BCUT2D eigenvalue weighted by molar-refractivity contribution is 7.17. The zero-order valence-corrected chi connectivity index (χ0v) is 22.8. The summed E-state index contributed by atoms with van der Waals surface area (Å²) in [5.74, 6) is -2.42. The standard InChI is InChI=1S/C29H28F2N4O4S/c1-16(32-26(36)12-18-9-20(30)14-21(31)10-18)28(38)33-22-6-4-19(5-7-22)23-15-35-24-11-17(13-27(37)39-2)3-8-25(24)40-29(35)34-23/h4-7,9-10,14-17H,3,8,11-13H2,1-2H3,(H,32,36)(H,33,38)/t16-,17?/m1/s1. The van der Waals surface area contributed by atoms with Gasteiger partial charge in [-0.2, -0.15) is 0 Å². The summed E-state index contributed by atoms with van der Waals surface area (Å²) in [5.41, 5.74) is 3.61. The lowest BCUT2D eigenvalue weighted by atomic mass is 9.88. The Morgan fingerprint density at radius 3 is 2.58 bits per heavy atom. The summed E-state index contributed by atoms with van der Waals surface area (Å²) >= 11 is 1.67. The molecule has 2 N–H and O–H groups in total. The molecule has 0 bridgehead atoms. The van der Waals surface area contributed by atoms with Gasteiger partial charge in [0.2, 0.25) is 11.8 Å². The number of imidazole rings is 1. The lowest BCUT2D eigenvalue weighted by Gasteiger charge is -2.20. The van der Waals surface area contributed by atoms with E-state index in [0.29, 0.717) is 12.1 Å². The number of fused-ring (bicyclic) bond motifs is 3. The molecule has 2 aromatic carbocycles. The molecule has 0 spiro atoms. The SMILES string of the molecule is COC(=O)CC1CCc2sc3nc(-c4ccc(NC(=O)[C@@H](C)NC(=O)Cc5cc(F)cc(F)c5)cc4)cn3c2C1. The first-order chi connectivity index (χ1) is 19.2. The fraction of sp³-hybridized carbons (Fsp3) is 0.310. The molecule has 0 saturated heterocycles. The zero-order chi connectivity index (χ0) is 28.4. The second kappa shape index (κ2) is 11.5. The number of nitrogens with one attached hydrogen (secondary N) is 2. The van der Waals surface area contributed by atoms with Crippen LogP contribution in [0.1, 0.15) is 35.9 Å². The second-order valence-corrected chi connectivity index (χ2v) is 11.0. The highest BCUT2D eigenvalue weighted by atomic mass is 32.1. The lowest BCUT2D eigenvalue weighted by molar-refractivity contribution is -0.141. The van der Waals surface area contributed by atoms with Crippen molar-refractivity contribution in [3.63, 3.8) is 0 Å². The van der Waals surface area contributed by atoms with E-state index < -0.39 is 29.5 Å². The molecule has 40 heavy (non-hydrogen) atoms. The van der Waals surface area contributed by atoms with Crippen LogP contribution in [0.3, 0.4) is 0 Å². The molecule has 2 heterocycles. The van der Waals surface area contributed by atoms with E-state index in [0.717, 1.165) is 53.7 Å². The monoisotopic (exact) mass is 566 g/mol. The van der Waals surface area contributed by atoms with Crippen LogP contribution in [-0.4, -0.2) is 40.3 Å². The lowest BCUT2D eigenvalue weighted by Crippen LogP contribution is -2.42. The number of hydrogen-bond donors (Lipinski definition) is 2. The van der Waals surface area contributed by atoms with E-state index in [2.05, 4.69) is 15.0 Å². The quantitative estimate of drug-likeness (QED) is 0.301. The van der Waals surface area contributed by atoms with Gasteiger partial charge in [-0.05, 0) is 61.9 Å². The van der Waals surface area contributed by atoms with E-state index in [9.17, 15) is 23.2 Å². The van der Waals surface area contributed by atoms with Crippen LogP contribution in [0, 0.1) is 17.6 Å². The molecule has 2 aromatic heterocycles. The predicted octanol–water partition coefficient (Wildman–Crippen LogP) is 4.69. The molecule has 4 aromatic rings. The number of methoxy groups -OCH3 is 1. The molecule has 0 fully saturated rings. The molecular formula is C29H28F2N4O4S. The van der Waals surface area contributed by atoms with E-state index in [1.807, 2.05) is 18.3 Å². The molecule has 0 saturated carbocycles. The van der Waals surface area contributed by atoms with Gasteiger partial charge in [-0.1, -0.05) is 12.1 Å². The van der Waals surface area contributed by atoms with Gasteiger partial charge in [0.15, 0.2) is 4.96 Å². The first-order valence-electron chi connectivity index (χ1n) is 12.9. The summed E-state index contributed by atoms with van der Waals surface area (Å²) in [5, 5.41) is 5.31. The molecule has 0 radical (unpaired) electrons. The summed E-state index contributed by atoms with van der Waals surface area (Å²) in [6.07, 6.45) is 4.85. The first kappa shape index (κ1) is 27.4. The minimum atomic E-state index is -0.861. The Hall–Kier alpha value is -4.12. The number of ether oxygens (including phenoxy) is 1. The average molecular weight is 567 g/mol. The van der Waals surface area contributed by atoms with Crippen LogP contribution in [0.5, 0.6) is 0 Å². The summed E-state index contributed by atoms with van der Waals surface area (Å²) in [6.45, 7) is 1.53. The summed E-state index contributed by atoms with van der Waals surface area (Å²) in [6, 6.07) is 9.26. The Balaban J connectivity index is 1.19. The van der Waals surface area contributed by atoms with Crippen molar-refractivity contribution in [1.29, 1.82) is 0 Å². The van der Waals surface area contributed by atoms with Gasteiger partial charge in [0, 0.05) is 40.5 Å². The van der Waals surface area contributed by atoms with E-state index in [4.69, 9.17) is 9.72 Å². The number of nitrogens with zero attached hydrogens (tertiary/aromatic N) is 2. The van der Waals surface area contributed by atoms with Crippen LogP contribution >= 0.6 is 11.3 Å². The number of esters is 1. The number of carbonyl (C=O) groups excluding carboxylic acids is 3. The molecule has 2 amide bonds. The Labute approximate surface area is 233 Å². The van der Waals surface area contributed by atoms with Crippen molar-refractivity contribution >= 4 is 39.8 Å². The van der Waals surface area contributed by atoms with E-state index in [-0.39, 0.29) is 23.9 Å². The topological polar surface area (TPSA) is 102 Å². The van der Waals surface area contributed by atoms with E-state index in [1.165, 1.54) is 24.6 Å². The van der Waals surface area contributed by atoms with E-state index in [1.54, 1.807) is 23.5 Å². The number of rotatable bonds is 8. The van der Waals surface area contributed by atoms with Crippen molar-refractivity contribution in [1.82, 2.24) is 14.7 Å². The number of halogens is 2. The number of anilines is 1. The fourth-order valence-corrected chi connectivity index (χ4v) is 6.06. The van der Waals surface area contributed by atoms with Crippen molar-refractivity contribution < 1.29 is 27.9 Å². The van der Waals surface area contributed by atoms with Crippen molar-refractivity contribution in [3.05, 3.63) is 76.4 Å². The highest BCUT2D eigenvalue weighted by Crippen LogP contribution is 2.35. The Morgan fingerprint density at radius 1 is 1.15 bits per heavy atom. The second-order valence-electron chi connectivity index (χ2n) is 9.95. The van der Waals surface area contributed by atoms with Gasteiger partial charge in [-0.15, -0.1) is 11.3 Å². The normalized spacial score (nSPS) is 15.3. The van der Waals surface area contributed by atoms with Crippen LogP contribution in [0.25, 0.3) is 16.2 Å². The minimum absolute atomic E-state index is 0.180. The fourth-order valence-electron chi connectivity index (χ4n) is 4.91. The molecule has 1 aliphatic rings. The maximum absolute atomic E-state index is 13.4. The van der Waals surface area contributed by atoms with Gasteiger partial charge in [0.25, 0.3) is 0 Å². The molecule has 208 valence electrons. The number of aryl methyl sites for hydroxylation is 1. The minimum Gasteiger partial charge on any atom is -0.469 e. The number of thiazole rings is 1. The largest absolute Gasteiger partial charge is 0.469 e. The van der Waals surface area contributed by atoms with Gasteiger partial charge in [-0.3, -0.25) is 18.8 Å². The predicted molar refractivity (Wildman–Crippen MR) is 147 cm³/mol. The third kappa shape index (κ3) is 6.20. The molecule has 5 rings (SSSR count). The van der Waals surface area contributed by atoms with Crippen LogP contribution in [0.2, 0.25) is 0 Å². The van der Waals surface area contributed by atoms with Gasteiger partial charge >= 0.3 is 5.97 Å². The first-order valence-corrected chi connectivity index (χ1v) is 13.7. The average Bonchev–Trinajstić information content (AvgIpc) is 3.46. The molecular weight excluding hydrogens is 538 g/mol. The van der Waals surface area contributed by atoms with Crippen molar-refractivity contribution in [3.8, 4) is 11.3 Å². The Morgan fingerprint density at radius 2 is 1.88 bits per heavy atom. The Kier molecular flexibility index (Phi) is 7.92. The number of amides is 2. The summed E-state index contributed by atoms with van der Waals surface area (Å²) < 4.78 is 33.7. The Bertz CT molecular complexity index is 1560. The van der Waals surface area contributed by atoms with Gasteiger partial charge in [0.1, 0.15) is 17.7 Å². The summed E-state index contributed by atoms with van der Waals surface area (Å²) in [4.78, 5) is 43.6. The number of benzene rings is 2. The van der Waals surface area contributed by atoms with Gasteiger partial charge < -0.3 is 15.4 Å². The zero-order valence-electron chi connectivity index (χ0n) is 22.0. The van der Waals surface area contributed by atoms with Crippen LogP contribution in [-0.2, 0) is 38.4 Å². The van der Waals surface area contributed by atoms with Crippen molar-refractivity contribution in [2.24, 2.45) is 5.92 Å². The number of carbonyl (C=O) groups is 3. The molecule has 0 aliphatic heterocycles. The smallest absolute Gasteiger partial charge is 0.305 e. The van der Waals surface area contributed by atoms with Gasteiger partial charge in [-0.25, -0.2) is 13.8 Å². The van der Waals surface area contributed by atoms with Crippen LogP contribution in [0.15, 0.2) is 48.7 Å². The molecule has 1 unspecified atom stereocenters. The van der Waals surface area contributed by atoms with Crippen molar-refractivity contribution in [2.45, 2.75) is 45.1 Å². The maximum Gasteiger partial charge on any atom is 0.305 e. The number of aromatic nitrogens is 2. The molecule has 2 atom stereocenters. The van der Waals surface area contributed by atoms with E-state index >= 15 is 0 Å². The van der Waals surface area contributed by atoms with Crippen LogP contribution in [0.4, 0.5) is 14.5 Å².